The van der Waals surface area contributed by atoms with Gasteiger partial charge in [-0.2, -0.15) is 0 Å². The first-order chi connectivity index (χ1) is 19.3. The summed E-state index contributed by atoms with van der Waals surface area (Å²) in [5, 5.41) is 4.77. The third kappa shape index (κ3) is 5.42. The Hall–Kier alpha value is -3.88. The van der Waals surface area contributed by atoms with E-state index in [0.29, 0.717) is 22.5 Å². The van der Waals surface area contributed by atoms with Crippen molar-refractivity contribution in [3.63, 3.8) is 0 Å². The fraction of sp³-hybridized carbons (Fsp3) is 0.226. The Morgan fingerprint density at radius 3 is 2.35 bits per heavy atom. The van der Waals surface area contributed by atoms with Gasteiger partial charge in [-0.25, -0.2) is 8.42 Å². The zero-order valence-corrected chi connectivity index (χ0v) is 23.7. The number of carbonyl (C=O) groups is 2. The molecule has 1 atom stereocenters. The number of amides is 2. The van der Waals surface area contributed by atoms with Crippen molar-refractivity contribution in [3.8, 4) is 0 Å². The molecular formula is C31H30ClN3O4S. The molecule has 0 saturated heterocycles. The van der Waals surface area contributed by atoms with Crippen LogP contribution in [0.1, 0.15) is 24.0 Å². The van der Waals surface area contributed by atoms with Crippen LogP contribution in [0.2, 0.25) is 5.02 Å². The molecule has 0 radical (unpaired) electrons. The van der Waals surface area contributed by atoms with Gasteiger partial charge in [0.25, 0.3) is 10.0 Å². The van der Waals surface area contributed by atoms with E-state index < -0.39 is 16.1 Å². The highest BCUT2D eigenvalue weighted by Gasteiger charge is 2.36. The standard InChI is InChI=1S/C31H30ClN3O4S/c1-33-31(37)27(20-22-10-3-2-4-11-22)34(21-24-12-5-6-15-25(24)32)29(36)18-9-19-35-26-16-7-13-23-14-8-17-28(30(23)26)40(35,38)39/h2-8,10-17,27H,9,18-21H2,1H3,(H,33,37)/t27-/m1/s1. The number of hydrogen-bond acceptors (Lipinski definition) is 4. The maximum Gasteiger partial charge on any atom is 0.265 e. The van der Waals surface area contributed by atoms with Crippen LogP contribution in [0.4, 0.5) is 5.69 Å². The summed E-state index contributed by atoms with van der Waals surface area (Å²) in [6.07, 6.45) is 0.673. The van der Waals surface area contributed by atoms with E-state index in [4.69, 9.17) is 11.6 Å². The lowest BCUT2D eigenvalue weighted by atomic mass is 10.0. The predicted molar refractivity (Wildman–Crippen MR) is 158 cm³/mol. The molecule has 1 aliphatic rings. The van der Waals surface area contributed by atoms with Crippen molar-refractivity contribution in [2.45, 2.75) is 36.7 Å². The molecule has 1 heterocycles. The quantitative estimate of drug-likeness (QED) is 0.283. The molecule has 0 aromatic heterocycles. The van der Waals surface area contributed by atoms with E-state index >= 15 is 0 Å². The van der Waals surface area contributed by atoms with Gasteiger partial charge in [-0.3, -0.25) is 13.9 Å². The number of likely N-dealkylation sites (N-methyl/N-ethyl adjacent to an activating group) is 1. The number of nitrogens with one attached hydrogen (secondary N) is 1. The summed E-state index contributed by atoms with van der Waals surface area (Å²) in [4.78, 5) is 28.7. The smallest absolute Gasteiger partial charge is 0.265 e. The third-order valence-corrected chi connectivity index (χ3v) is 9.47. The molecule has 4 aromatic rings. The molecule has 9 heteroatoms. The van der Waals surface area contributed by atoms with Gasteiger partial charge in [0.05, 0.1) is 10.6 Å². The van der Waals surface area contributed by atoms with Crippen LogP contribution < -0.4 is 9.62 Å². The van der Waals surface area contributed by atoms with Gasteiger partial charge in [-0.1, -0.05) is 84.4 Å². The molecule has 0 bridgehead atoms. The van der Waals surface area contributed by atoms with Crippen molar-refractivity contribution in [1.29, 1.82) is 0 Å². The topological polar surface area (TPSA) is 86.8 Å². The van der Waals surface area contributed by atoms with Crippen LogP contribution in [0.3, 0.4) is 0 Å². The highest BCUT2D eigenvalue weighted by molar-refractivity contribution is 7.93. The van der Waals surface area contributed by atoms with Gasteiger partial charge in [0.2, 0.25) is 11.8 Å². The van der Waals surface area contributed by atoms with E-state index in [-0.39, 0.29) is 42.6 Å². The molecule has 5 rings (SSSR count). The van der Waals surface area contributed by atoms with Crippen LogP contribution >= 0.6 is 11.6 Å². The van der Waals surface area contributed by atoms with Crippen molar-refractivity contribution in [2.24, 2.45) is 0 Å². The number of benzene rings is 4. The minimum Gasteiger partial charge on any atom is -0.357 e. The van der Waals surface area contributed by atoms with E-state index in [1.165, 1.54) is 4.31 Å². The highest BCUT2D eigenvalue weighted by atomic mass is 35.5. The van der Waals surface area contributed by atoms with Crippen molar-refractivity contribution in [2.75, 3.05) is 17.9 Å². The molecule has 0 saturated carbocycles. The summed E-state index contributed by atoms with van der Waals surface area (Å²) in [5.41, 5.74) is 2.27. The lowest BCUT2D eigenvalue weighted by molar-refractivity contribution is -0.141. The molecule has 0 spiro atoms. The summed E-state index contributed by atoms with van der Waals surface area (Å²) < 4.78 is 28.1. The number of halogens is 1. The Morgan fingerprint density at radius 2 is 1.62 bits per heavy atom. The van der Waals surface area contributed by atoms with Crippen molar-refractivity contribution in [1.82, 2.24) is 10.2 Å². The van der Waals surface area contributed by atoms with Crippen molar-refractivity contribution in [3.05, 3.63) is 107 Å². The van der Waals surface area contributed by atoms with Gasteiger partial charge in [0, 0.05) is 43.4 Å². The van der Waals surface area contributed by atoms with E-state index in [1.54, 1.807) is 36.2 Å². The number of hydrogen-bond donors (Lipinski definition) is 1. The van der Waals surface area contributed by atoms with Crippen LogP contribution in [-0.4, -0.2) is 44.8 Å². The Kier molecular flexibility index (Phi) is 8.09. The molecule has 206 valence electrons. The van der Waals surface area contributed by atoms with Gasteiger partial charge in [-0.05, 0) is 41.1 Å². The van der Waals surface area contributed by atoms with Crippen molar-refractivity contribution < 1.29 is 18.0 Å². The maximum absolute atomic E-state index is 13.8. The predicted octanol–water partition coefficient (Wildman–Crippen LogP) is 5.17. The fourth-order valence-electron chi connectivity index (χ4n) is 5.25. The summed E-state index contributed by atoms with van der Waals surface area (Å²) in [6.45, 7) is 0.293. The maximum atomic E-state index is 13.8. The first-order valence-electron chi connectivity index (χ1n) is 13.1. The van der Waals surface area contributed by atoms with Gasteiger partial charge in [0.1, 0.15) is 6.04 Å². The number of nitrogens with zero attached hydrogens (tertiary/aromatic N) is 2. The van der Waals surface area contributed by atoms with Gasteiger partial charge < -0.3 is 10.2 Å². The second kappa shape index (κ2) is 11.7. The summed E-state index contributed by atoms with van der Waals surface area (Å²) in [7, 11) is -2.17. The van der Waals surface area contributed by atoms with E-state index in [1.807, 2.05) is 66.7 Å². The first kappa shape index (κ1) is 27.7. The summed E-state index contributed by atoms with van der Waals surface area (Å²) in [6, 6.07) is 26.8. The van der Waals surface area contributed by atoms with Gasteiger partial charge in [-0.15, -0.1) is 0 Å². The monoisotopic (exact) mass is 575 g/mol. The third-order valence-electron chi connectivity index (χ3n) is 7.25. The number of sulfonamides is 1. The lowest BCUT2D eigenvalue weighted by Crippen LogP contribution is -2.49. The van der Waals surface area contributed by atoms with Crippen LogP contribution in [0, 0.1) is 0 Å². The van der Waals surface area contributed by atoms with Gasteiger partial charge >= 0.3 is 0 Å². The SMILES string of the molecule is CNC(=O)[C@@H](Cc1ccccc1)N(Cc1ccccc1Cl)C(=O)CCCN1c2cccc3cccc(c23)S1(=O)=O. The molecule has 7 nitrogen and oxygen atoms in total. The number of anilines is 1. The Morgan fingerprint density at radius 1 is 0.925 bits per heavy atom. The largest absolute Gasteiger partial charge is 0.357 e. The molecule has 1 N–H and O–H groups in total. The molecular weight excluding hydrogens is 546 g/mol. The van der Waals surface area contributed by atoms with Crippen LogP contribution in [0.25, 0.3) is 10.8 Å². The Bertz CT molecular complexity index is 1650. The zero-order valence-electron chi connectivity index (χ0n) is 22.1. The van der Waals surface area contributed by atoms with Crippen LogP contribution in [0.5, 0.6) is 0 Å². The number of carbonyl (C=O) groups excluding carboxylic acids is 2. The molecule has 4 aromatic carbocycles. The summed E-state index contributed by atoms with van der Waals surface area (Å²) >= 11 is 6.44. The lowest BCUT2D eigenvalue weighted by Gasteiger charge is -2.31. The number of rotatable bonds is 10. The average Bonchev–Trinajstić information content (AvgIpc) is 3.19. The summed E-state index contributed by atoms with van der Waals surface area (Å²) in [5.74, 6) is -0.537. The average molecular weight is 576 g/mol. The van der Waals surface area contributed by atoms with E-state index in [9.17, 15) is 18.0 Å². The Balaban J connectivity index is 1.38. The first-order valence-corrected chi connectivity index (χ1v) is 15.0. The molecule has 40 heavy (non-hydrogen) atoms. The van der Waals surface area contributed by atoms with E-state index in [2.05, 4.69) is 5.32 Å². The second-order valence-electron chi connectivity index (χ2n) is 9.74. The highest BCUT2D eigenvalue weighted by Crippen LogP contribution is 2.42. The Labute approximate surface area is 239 Å². The molecule has 1 aliphatic heterocycles. The minimum absolute atomic E-state index is 0.0606. The molecule has 0 aliphatic carbocycles. The van der Waals surface area contributed by atoms with Gasteiger partial charge in [0.15, 0.2) is 0 Å². The van der Waals surface area contributed by atoms with Crippen LogP contribution in [-0.2, 0) is 32.6 Å². The second-order valence-corrected chi connectivity index (χ2v) is 12.0. The molecule has 0 fully saturated rings. The molecule has 2 amide bonds. The minimum atomic E-state index is -3.72. The normalized spacial score (nSPS) is 14.2. The van der Waals surface area contributed by atoms with Crippen LogP contribution in [0.15, 0.2) is 95.9 Å². The van der Waals surface area contributed by atoms with Crippen molar-refractivity contribution >= 4 is 49.9 Å². The van der Waals surface area contributed by atoms with E-state index in [0.717, 1.165) is 16.5 Å². The fourth-order valence-corrected chi connectivity index (χ4v) is 7.19. The molecule has 0 unspecified atom stereocenters. The zero-order chi connectivity index (χ0) is 28.3.